The summed E-state index contributed by atoms with van der Waals surface area (Å²) < 4.78 is 11.8. The van der Waals surface area contributed by atoms with E-state index in [9.17, 15) is 9.59 Å². The zero-order valence-corrected chi connectivity index (χ0v) is 16.7. The van der Waals surface area contributed by atoms with Crippen LogP contribution in [0.5, 0.6) is 5.75 Å². The minimum atomic E-state index is -0.573. The molecule has 3 rings (SSSR count). The molecule has 0 saturated heterocycles. The Morgan fingerprint density at radius 2 is 2.04 bits per heavy atom. The van der Waals surface area contributed by atoms with Gasteiger partial charge in [-0.2, -0.15) is 0 Å². The van der Waals surface area contributed by atoms with Crippen molar-refractivity contribution in [2.24, 2.45) is 0 Å². The molecule has 0 radical (unpaired) electrons. The highest BCUT2D eigenvalue weighted by atomic mass is 32.1. The molecule has 1 aromatic heterocycles. The number of hydrogen-bond donors (Lipinski definition) is 2. The molecule has 1 aliphatic heterocycles. The predicted molar refractivity (Wildman–Crippen MR) is 105 cm³/mol. The van der Waals surface area contributed by atoms with E-state index in [4.69, 9.17) is 9.47 Å². The zero-order chi connectivity index (χ0) is 19.6. The highest BCUT2D eigenvalue weighted by Crippen LogP contribution is 2.32. The lowest BCUT2D eigenvalue weighted by atomic mass is 10.1. The van der Waals surface area contributed by atoms with Gasteiger partial charge in [0.1, 0.15) is 16.7 Å². The molecule has 0 aliphatic carbocycles. The smallest absolute Gasteiger partial charge is 0.348 e. The Balaban J connectivity index is 1.79. The van der Waals surface area contributed by atoms with Crippen molar-refractivity contribution in [1.29, 1.82) is 0 Å². The molecule has 2 unspecified atom stereocenters. The Morgan fingerprint density at radius 1 is 1.26 bits per heavy atom. The molecule has 0 spiro atoms. The maximum Gasteiger partial charge on any atom is 0.348 e. The summed E-state index contributed by atoms with van der Waals surface area (Å²) >= 11 is 1.34. The number of thiophene rings is 1. The van der Waals surface area contributed by atoms with Gasteiger partial charge in [-0.25, -0.2) is 4.79 Å². The highest BCUT2D eigenvalue weighted by molar-refractivity contribution is 7.11. The average Bonchev–Trinajstić information content (AvgIpc) is 3.21. The Hall–Kier alpha value is -2.38. The van der Waals surface area contributed by atoms with Crippen LogP contribution in [-0.2, 0) is 16.0 Å². The lowest BCUT2D eigenvalue weighted by Gasteiger charge is -2.32. The van der Waals surface area contributed by atoms with Gasteiger partial charge in [0, 0.05) is 16.8 Å². The number of rotatable bonds is 6. The molecule has 2 aromatic rings. The van der Waals surface area contributed by atoms with Crippen molar-refractivity contribution in [3.8, 4) is 5.75 Å². The van der Waals surface area contributed by atoms with Gasteiger partial charge >= 0.3 is 5.97 Å². The second-order valence-electron chi connectivity index (χ2n) is 7.53. The van der Waals surface area contributed by atoms with E-state index in [0.717, 1.165) is 11.3 Å². The van der Waals surface area contributed by atoms with Crippen LogP contribution in [-0.4, -0.2) is 29.7 Å². The molecule has 2 N–H and O–H groups in total. The summed E-state index contributed by atoms with van der Waals surface area (Å²) in [6, 6.07) is 9.04. The van der Waals surface area contributed by atoms with E-state index in [0.29, 0.717) is 10.6 Å². The number of hydrogen-bond acceptors (Lipinski definition) is 6. The van der Waals surface area contributed by atoms with Crippen LogP contribution in [0.15, 0.2) is 35.7 Å². The molecule has 1 aromatic carbocycles. The number of esters is 1. The van der Waals surface area contributed by atoms with Crippen LogP contribution >= 0.6 is 11.3 Å². The summed E-state index contributed by atoms with van der Waals surface area (Å²) in [6.45, 7) is 7.83. The number of carbonyl (C=O) groups excluding carboxylic acids is 2. The summed E-state index contributed by atoms with van der Waals surface area (Å²) in [6.07, 6.45) is -0.840. The number of benzene rings is 1. The van der Waals surface area contributed by atoms with Crippen molar-refractivity contribution in [2.75, 3.05) is 5.32 Å². The summed E-state index contributed by atoms with van der Waals surface area (Å²) in [5.74, 6) is 0.169. The first-order valence-corrected chi connectivity index (χ1v) is 9.71. The van der Waals surface area contributed by atoms with Gasteiger partial charge in [-0.3, -0.25) is 10.1 Å². The van der Waals surface area contributed by atoms with E-state index in [2.05, 4.69) is 10.6 Å². The van der Waals surface area contributed by atoms with E-state index in [-0.39, 0.29) is 23.8 Å². The van der Waals surface area contributed by atoms with Gasteiger partial charge in [0.2, 0.25) is 5.91 Å². The Morgan fingerprint density at radius 3 is 2.70 bits per heavy atom. The van der Waals surface area contributed by atoms with Gasteiger partial charge in [-0.15, -0.1) is 11.3 Å². The van der Waals surface area contributed by atoms with Gasteiger partial charge in [0.05, 0.1) is 6.42 Å². The predicted octanol–water partition coefficient (Wildman–Crippen LogP) is 3.58. The molecule has 1 aliphatic rings. The normalized spacial score (nSPS) is 15.6. The molecule has 0 saturated carbocycles. The first-order valence-electron chi connectivity index (χ1n) is 8.83. The van der Waals surface area contributed by atoms with Crippen LogP contribution in [0.2, 0.25) is 0 Å². The van der Waals surface area contributed by atoms with Crippen molar-refractivity contribution in [2.45, 2.75) is 52.0 Å². The number of carbonyl (C=O) groups is 2. The van der Waals surface area contributed by atoms with Crippen LogP contribution in [0.3, 0.4) is 0 Å². The van der Waals surface area contributed by atoms with Crippen molar-refractivity contribution in [3.63, 3.8) is 0 Å². The topological polar surface area (TPSA) is 76.7 Å². The maximum atomic E-state index is 12.3. The first kappa shape index (κ1) is 19.4. The quantitative estimate of drug-likeness (QED) is 0.584. The highest BCUT2D eigenvalue weighted by Gasteiger charge is 2.30. The zero-order valence-electron chi connectivity index (χ0n) is 15.9. The third kappa shape index (κ3) is 4.87. The lowest BCUT2D eigenvalue weighted by molar-refractivity contribution is -0.115. The van der Waals surface area contributed by atoms with Crippen molar-refractivity contribution < 1.29 is 19.1 Å². The Labute approximate surface area is 162 Å². The van der Waals surface area contributed by atoms with Gasteiger partial charge in [-0.1, -0.05) is 12.1 Å². The third-order valence-electron chi connectivity index (χ3n) is 4.02. The number of amides is 1. The monoisotopic (exact) mass is 388 g/mol. The fraction of sp³-hybridized carbons (Fsp3) is 0.400. The van der Waals surface area contributed by atoms with Gasteiger partial charge < -0.3 is 14.8 Å². The fourth-order valence-electron chi connectivity index (χ4n) is 2.82. The Kier molecular flexibility index (Phi) is 5.53. The van der Waals surface area contributed by atoms with E-state index in [1.165, 1.54) is 11.3 Å². The summed E-state index contributed by atoms with van der Waals surface area (Å²) in [5, 5.41) is 8.01. The van der Waals surface area contributed by atoms with Gasteiger partial charge in [-0.05, 0) is 51.3 Å². The second-order valence-corrected chi connectivity index (χ2v) is 8.48. The summed E-state index contributed by atoms with van der Waals surface area (Å²) in [7, 11) is 0. The number of nitrogens with one attached hydrogen (secondary N) is 2. The van der Waals surface area contributed by atoms with Gasteiger partial charge in [0.25, 0.3) is 0 Å². The molecule has 2 atom stereocenters. The lowest BCUT2D eigenvalue weighted by Crippen LogP contribution is -2.53. The van der Waals surface area contributed by atoms with Crippen molar-refractivity contribution >= 4 is 28.9 Å². The second kappa shape index (κ2) is 7.70. The van der Waals surface area contributed by atoms with E-state index < -0.39 is 12.3 Å². The summed E-state index contributed by atoms with van der Waals surface area (Å²) in [4.78, 5) is 24.6. The number of anilines is 1. The van der Waals surface area contributed by atoms with E-state index in [1.54, 1.807) is 13.0 Å². The largest absolute Gasteiger partial charge is 0.471 e. The molecule has 27 heavy (non-hydrogen) atoms. The van der Waals surface area contributed by atoms with Crippen LogP contribution in [0.4, 0.5) is 5.69 Å². The van der Waals surface area contributed by atoms with Crippen LogP contribution in [0.1, 0.15) is 42.9 Å². The van der Waals surface area contributed by atoms with Crippen LogP contribution in [0.25, 0.3) is 0 Å². The van der Waals surface area contributed by atoms with Crippen molar-refractivity contribution in [1.82, 2.24) is 5.32 Å². The third-order valence-corrected chi connectivity index (χ3v) is 4.87. The molecule has 2 heterocycles. The molecule has 6 nitrogen and oxygen atoms in total. The molecule has 1 amide bonds. The average molecular weight is 388 g/mol. The first-order chi connectivity index (χ1) is 12.7. The fourth-order valence-corrected chi connectivity index (χ4v) is 3.43. The Bertz CT molecular complexity index is 827. The van der Waals surface area contributed by atoms with E-state index in [1.807, 2.05) is 50.4 Å². The molecular weight excluding hydrogens is 364 g/mol. The van der Waals surface area contributed by atoms with E-state index >= 15 is 0 Å². The maximum absolute atomic E-state index is 12.3. The minimum Gasteiger partial charge on any atom is -0.471 e. The van der Waals surface area contributed by atoms with Crippen LogP contribution < -0.4 is 15.4 Å². The molecule has 0 fully saturated rings. The standard InChI is InChI=1S/C20H24N2O4S/c1-12(25-19(24)16-9-6-10-27-16)18(22-20(2,3)4)26-15-8-5-7-14-13(15)11-17(23)21-14/h5-10,12,18,22H,11H2,1-4H3,(H,21,23). The van der Waals surface area contributed by atoms with Crippen molar-refractivity contribution in [3.05, 3.63) is 46.2 Å². The number of ether oxygens (including phenoxy) is 2. The van der Waals surface area contributed by atoms with Crippen LogP contribution in [0, 0.1) is 0 Å². The SMILES string of the molecule is CC(OC(=O)c1cccs1)C(NC(C)(C)C)Oc1cccc2c1CC(=O)N2. The minimum absolute atomic E-state index is 0.0569. The number of fused-ring (bicyclic) bond motifs is 1. The summed E-state index contributed by atoms with van der Waals surface area (Å²) in [5.41, 5.74) is 1.32. The molecule has 7 heteroatoms. The molecule has 0 bridgehead atoms. The molecular formula is C20H24N2O4S. The molecule has 144 valence electrons. The van der Waals surface area contributed by atoms with Gasteiger partial charge in [0.15, 0.2) is 6.23 Å².